The van der Waals surface area contributed by atoms with Gasteiger partial charge in [0, 0.05) is 41.2 Å². The van der Waals surface area contributed by atoms with Crippen molar-refractivity contribution in [3.05, 3.63) is 82.5 Å². The Balaban J connectivity index is 1.09. The third kappa shape index (κ3) is 4.50. The van der Waals surface area contributed by atoms with Gasteiger partial charge in [0.15, 0.2) is 24.3 Å². The first-order chi connectivity index (χ1) is 22.9. The van der Waals surface area contributed by atoms with Gasteiger partial charge in [-0.2, -0.15) is 0 Å². The lowest BCUT2D eigenvalue weighted by Crippen LogP contribution is -2.63. The number of esters is 1. The number of rotatable bonds is 6. The molecule has 0 radical (unpaired) electrons. The second kappa shape index (κ2) is 11.1. The van der Waals surface area contributed by atoms with E-state index in [2.05, 4.69) is 32.0 Å². The predicted molar refractivity (Wildman–Crippen MR) is 176 cm³/mol. The molecular formula is C39H43NO8. The van der Waals surface area contributed by atoms with Gasteiger partial charge in [0.05, 0.1) is 24.5 Å². The minimum Gasteiger partial charge on any atom is -0.491 e. The first-order valence-electron chi connectivity index (χ1n) is 17.2. The number of ether oxygens (including phenoxy) is 4. The fourth-order valence-electron chi connectivity index (χ4n) is 10.6. The lowest BCUT2D eigenvalue weighted by molar-refractivity contribution is -0.202. The molecule has 252 valence electrons. The normalized spacial score (nSPS) is 37.4. The van der Waals surface area contributed by atoms with E-state index >= 15 is 0 Å². The Bertz CT molecular complexity index is 1760. The molecule has 0 amide bonds. The van der Waals surface area contributed by atoms with Gasteiger partial charge < -0.3 is 29.8 Å². The third-order valence-corrected chi connectivity index (χ3v) is 12.7. The largest absolute Gasteiger partial charge is 0.491 e. The highest BCUT2D eigenvalue weighted by Gasteiger charge is 2.76. The van der Waals surface area contributed by atoms with Crippen LogP contribution in [0, 0.1) is 28.6 Å². The number of carbonyl (C=O) groups is 3. The predicted octanol–water partition coefficient (Wildman–Crippen LogP) is 4.97. The number of fused-ring (bicyclic) bond motifs is 8. The smallest absolute Gasteiger partial charge is 0.303 e. The lowest BCUT2D eigenvalue weighted by atomic mass is 9.46. The van der Waals surface area contributed by atoms with Crippen LogP contribution in [0.4, 0.5) is 5.69 Å². The van der Waals surface area contributed by atoms with E-state index in [0.717, 1.165) is 53.7 Å². The maximum absolute atomic E-state index is 14.3. The van der Waals surface area contributed by atoms with E-state index in [-0.39, 0.29) is 29.3 Å². The molecule has 48 heavy (non-hydrogen) atoms. The number of aliphatic hydroxyl groups excluding tert-OH is 1. The number of ketones is 2. The average Bonchev–Trinajstić information content (AvgIpc) is 3.76. The van der Waals surface area contributed by atoms with Crippen LogP contribution in [-0.2, 0) is 41.4 Å². The summed E-state index contributed by atoms with van der Waals surface area (Å²) in [6, 6.07) is 12.0. The van der Waals surface area contributed by atoms with Gasteiger partial charge in [0.2, 0.25) is 5.78 Å². The molecule has 0 spiro atoms. The number of hydrogen-bond donors (Lipinski definition) is 2. The van der Waals surface area contributed by atoms with Gasteiger partial charge in [-0.05, 0) is 73.3 Å². The Morgan fingerprint density at radius 2 is 1.90 bits per heavy atom. The number of carbonyl (C=O) groups excluding carboxylic acids is 3. The highest BCUT2D eigenvalue weighted by molar-refractivity contribution is 6.01. The summed E-state index contributed by atoms with van der Waals surface area (Å²) in [5.41, 5.74) is 9.51. The number of nitrogen functional groups attached to an aromatic ring is 1. The van der Waals surface area contributed by atoms with Crippen molar-refractivity contribution < 1.29 is 38.4 Å². The number of benzene rings is 2. The van der Waals surface area contributed by atoms with Crippen LogP contribution in [0.2, 0.25) is 0 Å². The summed E-state index contributed by atoms with van der Waals surface area (Å²) in [7, 11) is 0. The molecule has 2 aromatic rings. The molecule has 3 N–H and O–H groups in total. The van der Waals surface area contributed by atoms with Crippen LogP contribution < -0.4 is 10.5 Å². The quantitative estimate of drug-likeness (QED) is 0.328. The molecule has 9 nitrogen and oxygen atoms in total. The van der Waals surface area contributed by atoms with Gasteiger partial charge in [0.1, 0.15) is 5.75 Å². The van der Waals surface area contributed by atoms with Crippen LogP contribution in [0.25, 0.3) is 0 Å². The number of nitrogens with two attached hydrogens (primary N) is 1. The van der Waals surface area contributed by atoms with Crippen LogP contribution in [0.15, 0.2) is 60.2 Å². The fraction of sp³-hybridized carbons (Fsp3) is 0.513. The molecule has 2 aliphatic heterocycles. The maximum atomic E-state index is 14.3. The van der Waals surface area contributed by atoms with Gasteiger partial charge in [-0.15, -0.1) is 0 Å². The Labute approximate surface area is 280 Å². The summed E-state index contributed by atoms with van der Waals surface area (Å²) in [4.78, 5) is 38.4. The van der Waals surface area contributed by atoms with E-state index in [0.29, 0.717) is 25.1 Å². The summed E-state index contributed by atoms with van der Waals surface area (Å²) >= 11 is 0. The van der Waals surface area contributed by atoms with Crippen molar-refractivity contribution in [2.24, 2.45) is 28.6 Å². The van der Waals surface area contributed by atoms with Gasteiger partial charge in [-0.1, -0.05) is 55.8 Å². The molecule has 9 atom stereocenters. The maximum Gasteiger partial charge on any atom is 0.303 e. The minimum atomic E-state index is -1.40. The van der Waals surface area contributed by atoms with Crippen LogP contribution >= 0.6 is 0 Å². The second-order valence-electron chi connectivity index (χ2n) is 15.1. The summed E-state index contributed by atoms with van der Waals surface area (Å²) < 4.78 is 24.6. The SMILES string of the molecule is CC(=O)OCC(=O)[C@@]12O[C@H](c3ccc(Cc4ccc(N)c5c4CCO5)cc3)OC1C[C@H]1[C@@H]3CCC4=CC(=O)C=C[C@]4(C)[C@H]3[C@@H](O)C[C@@]12C. The first-order valence-corrected chi connectivity index (χ1v) is 17.2. The van der Waals surface area contributed by atoms with Crippen molar-refractivity contribution in [2.45, 2.75) is 83.4 Å². The Morgan fingerprint density at radius 1 is 1.10 bits per heavy atom. The van der Waals surface area contributed by atoms with E-state index in [1.165, 1.54) is 12.5 Å². The molecule has 4 fully saturated rings. The van der Waals surface area contributed by atoms with Crippen molar-refractivity contribution in [1.82, 2.24) is 0 Å². The average molecular weight is 654 g/mol. The third-order valence-electron chi connectivity index (χ3n) is 12.7. The Kier molecular flexibility index (Phi) is 7.29. The van der Waals surface area contributed by atoms with Gasteiger partial charge in [-0.25, -0.2) is 0 Å². The second-order valence-corrected chi connectivity index (χ2v) is 15.1. The zero-order valence-electron chi connectivity index (χ0n) is 27.7. The molecule has 8 rings (SSSR count). The van der Waals surface area contributed by atoms with Crippen LogP contribution in [0.3, 0.4) is 0 Å². The summed E-state index contributed by atoms with van der Waals surface area (Å²) in [6.45, 7) is 5.69. The molecule has 0 aromatic heterocycles. The molecule has 0 bridgehead atoms. The minimum absolute atomic E-state index is 0.00860. The molecule has 2 aromatic carbocycles. The van der Waals surface area contributed by atoms with Gasteiger partial charge in [0.25, 0.3) is 0 Å². The molecular weight excluding hydrogens is 610 g/mol. The number of hydrogen-bond acceptors (Lipinski definition) is 9. The van der Waals surface area contributed by atoms with Crippen LogP contribution in [0.1, 0.15) is 75.0 Å². The number of Topliss-reactive ketones (excluding diaryl/α,β-unsaturated/α-hetero) is 1. The van der Waals surface area contributed by atoms with E-state index in [4.69, 9.17) is 24.7 Å². The Hall–Kier alpha value is -3.79. The van der Waals surface area contributed by atoms with Crippen molar-refractivity contribution >= 4 is 23.2 Å². The van der Waals surface area contributed by atoms with E-state index in [1.54, 1.807) is 12.2 Å². The zero-order chi connectivity index (χ0) is 33.6. The van der Waals surface area contributed by atoms with E-state index in [9.17, 15) is 19.5 Å². The van der Waals surface area contributed by atoms with Gasteiger partial charge in [-0.3, -0.25) is 14.4 Å². The topological polar surface area (TPSA) is 134 Å². The van der Waals surface area contributed by atoms with Crippen LogP contribution in [-0.4, -0.2) is 53.7 Å². The van der Waals surface area contributed by atoms with E-state index < -0.39 is 47.5 Å². The molecule has 2 heterocycles. The fourth-order valence-corrected chi connectivity index (χ4v) is 10.6. The molecule has 9 heteroatoms. The van der Waals surface area contributed by atoms with Gasteiger partial charge >= 0.3 is 5.97 Å². The first kappa shape index (κ1) is 31.5. The van der Waals surface area contributed by atoms with Crippen molar-refractivity contribution in [3.63, 3.8) is 0 Å². The lowest BCUT2D eigenvalue weighted by Gasteiger charge is -2.59. The molecule has 1 saturated heterocycles. The van der Waals surface area contributed by atoms with Crippen molar-refractivity contribution in [3.8, 4) is 5.75 Å². The number of aliphatic hydroxyl groups is 1. The number of allylic oxidation sites excluding steroid dienone is 4. The molecule has 6 aliphatic rings. The molecule has 1 unspecified atom stereocenters. The van der Waals surface area contributed by atoms with Crippen molar-refractivity contribution in [1.29, 1.82) is 0 Å². The highest BCUT2D eigenvalue weighted by Crippen LogP contribution is 2.70. The molecule has 3 saturated carbocycles. The highest BCUT2D eigenvalue weighted by atomic mass is 16.7. The summed E-state index contributed by atoms with van der Waals surface area (Å²) in [5, 5.41) is 12.0. The van der Waals surface area contributed by atoms with Crippen LogP contribution in [0.5, 0.6) is 5.75 Å². The summed E-state index contributed by atoms with van der Waals surface area (Å²) in [5.74, 6) is -0.0711. The van der Waals surface area contributed by atoms with E-state index in [1.807, 2.05) is 24.3 Å². The molecule has 4 aliphatic carbocycles. The zero-order valence-corrected chi connectivity index (χ0v) is 27.7. The Morgan fingerprint density at radius 3 is 2.67 bits per heavy atom. The van der Waals surface area contributed by atoms with Crippen molar-refractivity contribution in [2.75, 3.05) is 18.9 Å². The standard InChI is InChI=1S/C39H43NO8/c1-21(41)46-20-32(44)39-33(18-29-28-10-9-25-17-26(42)12-14-37(25,2)34(28)31(43)19-38(29,39)3)47-36(48-39)23-6-4-22(5-7-23)16-24-8-11-30(40)35-27(24)13-15-45-35/h4-8,11-12,14,17,28-29,31,33-34,36,43H,9-10,13,15-16,18-20,40H2,1-3H3/t28-,29-,31-,33?,34+,36+,37-,38-,39+/m0/s1. The summed E-state index contributed by atoms with van der Waals surface area (Å²) in [6.07, 6.45) is 7.29. The monoisotopic (exact) mass is 653 g/mol. The number of anilines is 1.